The van der Waals surface area contributed by atoms with Crippen LogP contribution in [0.15, 0.2) is 0 Å². The third kappa shape index (κ3) is 1.90. The summed E-state index contributed by atoms with van der Waals surface area (Å²) in [6.45, 7) is 4.41. The summed E-state index contributed by atoms with van der Waals surface area (Å²) in [5.74, 6) is 0. The summed E-state index contributed by atoms with van der Waals surface area (Å²) >= 11 is 12.1. The van der Waals surface area contributed by atoms with Crippen LogP contribution in [0.1, 0.15) is 37.1 Å². The van der Waals surface area contributed by atoms with Crippen molar-refractivity contribution in [3.63, 3.8) is 0 Å². The summed E-state index contributed by atoms with van der Waals surface area (Å²) in [6.07, 6.45) is 2.81. The van der Waals surface area contributed by atoms with Crippen LogP contribution in [0.25, 0.3) is 0 Å². The number of nitrogens with zero attached hydrogens (tertiary/aromatic N) is 2. The smallest absolute Gasteiger partial charge is 0.148 e. The number of rotatable bonds is 0. The van der Waals surface area contributed by atoms with Gasteiger partial charge in [-0.25, -0.2) is 4.98 Å². The number of aromatic nitrogens is 1. The number of hydrogen-bond donors (Lipinski definition) is 0. The van der Waals surface area contributed by atoms with Gasteiger partial charge in [-0.05, 0) is 30.2 Å². The van der Waals surface area contributed by atoms with Crippen LogP contribution >= 0.6 is 23.2 Å². The van der Waals surface area contributed by atoms with Gasteiger partial charge in [-0.3, -0.25) is 0 Å². The lowest BCUT2D eigenvalue weighted by Crippen LogP contribution is -2.23. The minimum absolute atomic E-state index is 0.226. The van der Waals surface area contributed by atoms with Crippen LogP contribution < -0.4 is 0 Å². The van der Waals surface area contributed by atoms with Gasteiger partial charge in [-0.15, -0.1) is 0 Å². The van der Waals surface area contributed by atoms with E-state index in [0.29, 0.717) is 10.6 Å². The van der Waals surface area contributed by atoms with Crippen LogP contribution in [-0.2, 0) is 12.8 Å². The molecular weight excluding hydrogens is 243 g/mol. The molecule has 0 saturated carbocycles. The third-order valence-corrected chi connectivity index (χ3v) is 3.77. The topological polar surface area (TPSA) is 36.7 Å². The third-order valence-electron chi connectivity index (χ3n) is 3.08. The molecule has 1 aromatic heterocycles. The maximum Gasteiger partial charge on any atom is 0.148 e. The molecule has 0 bridgehead atoms. The Morgan fingerprint density at radius 2 is 2.06 bits per heavy atom. The molecule has 2 rings (SSSR count). The average Bonchev–Trinajstić information content (AvgIpc) is 2.16. The molecule has 1 heterocycles. The minimum Gasteiger partial charge on any atom is -0.239 e. The molecule has 0 fully saturated rings. The lowest BCUT2D eigenvalue weighted by atomic mass is 9.76. The van der Waals surface area contributed by atoms with Crippen molar-refractivity contribution in [2.24, 2.45) is 5.41 Å². The number of nitriles is 1. The predicted octanol–water partition coefficient (Wildman–Crippen LogP) is 3.77. The standard InChI is InChI=1S/C12H12Cl2N2/c1-12(2)4-3-7-9(5-12)16-11(14)8(6-15)10(7)13/h3-5H2,1-2H3. The van der Waals surface area contributed by atoms with Crippen LogP contribution in [-0.4, -0.2) is 4.98 Å². The second-order valence-electron chi connectivity index (χ2n) is 4.97. The Kier molecular flexibility index (Phi) is 2.86. The molecule has 0 amide bonds. The monoisotopic (exact) mass is 254 g/mol. The Labute approximate surface area is 105 Å². The first-order chi connectivity index (χ1) is 7.44. The molecule has 0 aliphatic heterocycles. The van der Waals surface area contributed by atoms with Gasteiger partial charge >= 0.3 is 0 Å². The fraction of sp³-hybridized carbons (Fsp3) is 0.500. The van der Waals surface area contributed by atoms with Crippen LogP contribution in [0.4, 0.5) is 0 Å². The largest absolute Gasteiger partial charge is 0.239 e. The highest BCUT2D eigenvalue weighted by Gasteiger charge is 2.29. The van der Waals surface area contributed by atoms with Gasteiger partial charge in [0, 0.05) is 5.69 Å². The summed E-state index contributed by atoms with van der Waals surface area (Å²) in [5, 5.41) is 9.66. The highest BCUT2D eigenvalue weighted by Crippen LogP contribution is 2.39. The molecule has 0 atom stereocenters. The van der Waals surface area contributed by atoms with Crippen molar-refractivity contribution in [3.05, 3.63) is 27.0 Å². The molecule has 1 aromatic rings. The van der Waals surface area contributed by atoms with Crippen molar-refractivity contribution >= 4 is 23.2 Å². The highest BCUT2D eigenvalue weighted by molar-refractivity contribution is 6.36. The summed E-state index contributed by atoms with van der Waals surface area (Å²) in [5.41, 5.74) is 2.50. The molecular formula is C12H12Cl2N2. The van der Waals surface area contributed by atoms with Crippen molar-refractivity contribution in [2.75, 3.05) is 0 Å². The van der Waals surface area contributed by atoms with Gasteiger partial charge in [0.1, 0.15) is 16.8 Å². The summed E-state index contributed by atoms with van der Waals surface area (Å²) < 4.78 is 0. The minimum atomic E-state index is 0.226. The van der Waals surface area contributed by atoms with Gasteiger partial charge in [-0.2, -0.15) is 5.26 Å². The fourth-order valence-corrected chi connectivity index (χ4v) is 2.73. The Morgan fingerprint density at radius 1 is 1.38 bits per heavy atom. The first kappa shape index (κ1) is 11.7. The predicted molar refractivity (Wildman–Crippen MR) is 64.8 cm³/mol. The van der Waals surface area contributed by atoms with E-state index in [0.717, 1.165) is 30.5 Å². The van der Waals surface area contributed by atoms with Gasteiger partial charge < -0.3 is 0 Å². The van der Waals surface area contributed by atoms with Gasteiger partial charge in [0.05, 0.1) is 5.02 Å². The first-order valence-corrected chi connectivity index (χ1v) is 5.97. The first-order valence-electron chi connectivity index (χ1n) is 5.21. The number of fused-ring (bicyclic) bond motifs is 1. The molecule has 0 unspecified atom stereocenters. The molecule has 0 N–H and O–H groups in total. The Bertz CT molecular complexity index is 487. The maximum absolute atomic E-state index is 8.94. The van der Waals surface area contributed by atoms with Crippen LogP contribution in [0.2, 0.25) is 10.2 Å². The van der Waals surface area contributed by atoms with E-state index < -0.39 is 0 Å². The van der Waals surface area contributed by atoms with Gasteiger partial charge in [0.2, 0.25) is 0 Å². The molecule has 0 aromatic carbocycles. The molecule has 1 aliphatic carbocycles. The second kappa shape index (κ2) is 3.91. The van der Waals surface area contributed by atoms with Gasteiger partial charge in [0.15, 0.2) is 0 Å². The summed E-state index contributed by atoms with van der Waals surface area (Å²) in [7, 11) is 0. The maximum atomic E-state index is 8.94. The fourth-order valence-electron chi connectivity index (χ4n) is 2.11. The molecule has 0 radical (unpaired) electrons. The van der Waals surface area contributed by atoms with Crippen molar-refractivity contribution in [1.82, 2.24) is 4.98 Å². The van der Waals surface area contributed by atoms with Crippen molar-refractivity contribution in [1.29, 1.82) is 5.26 Å². The normalized spacial score (nSPS) is 17.7. The van der Waals surface area contributed by atoms with E-state index in [9.17, 15) is 0 Å². The molecule has 1 aliphatic rings. The molecule has 2 nitrogen and oxygen atoms in total. The zero-order chi connectivity index (χ0) is 11.9. The molecule has 84 valence electrons. The quantitative estimate of drug-likeness (QED) is 0.661. The Balaban J connectivity index is 2.58. The van der Waals surface area contributed by atoms with Gasteiger partial charge in [-0.1, -0.05) is 37.0 Å². The molecule has 4 heteroatoms. The van der Waals surface area contributed by atoms with E-state index in [1.807, 2.05) is 6.07 Å². The number of hydrogen-bond acceptors (Lipinski definition) is 2. The van der Waals surface area contributed by atoms with Crippen LogP contribution in [0.5, 0.6) is 0 Å². The number of pyridine rings is 1. The van der Waals surface area contributed by atoms with Crippen LogP contribution in [0.3, 0.4) is 0 Å². The van der Waals surface area contributed by atoms with Crippen molar-refractivity contribution in [3.8, 4) is 6.07 Å². The number of halogens is 2. The highest BCUT2D eigenvalue weighted by atomic mass is 35.5. The molecule has 0 saturated heterocycles. The zero-order valence-corrected chi connectivity index (χ0v) is 10.8. The van der Waals surface area contributed by atoms with Crippen molar-refractivity contribution in [2.45, 2.75) is 33.1 Å². The second-order valence-corrected chi connectivity index (χ2v) is 5.71. The van der Waals surface area contributed by atoms with Crippen molar-refractivity contribution < 1.29 is 0 Å². The molecule has 0 spiro atoms. The Morgan fingerprint density at radius 3 is 2.69 bits per heavy atom. The van der Waals surface area contributed by atoms with E-state index in [1.54, 1.807) is 0 Å². The summed E-state index contributed by atoms with van der Waals surface area (Å²) in [4.78, 5) is 4.30. The van der Waals surface area contributed by atoms with E-state index >= 15 is 0 Å². The van der Waals surface area contributed by atoms with Gasteiger partial charge in [0.25, 0.3) is 0 Å². The lowest BCUT2D eigenvalue weighted by molar-refractivity contribution is 0.311. The average molecular weight is 255 g/mol. The van der Waals surface area contributed by atoms with E-state index in [2.05, 4.69) is 18.8 Å². The summed E-state index contributed by atoms with van der Waals surface area (Å²) in [6, 6.07) is 2.01. The Hall–Kier alpha value is -0.780. The van der Waals surface area contributed by atoms with Crippen LogP contribution in [0, 0.1) is 16.7 Å². The zero-order valence-electron chi connectivity index (χ0n) is 9.27. The van der Waals surface area contributed by atoms with E-state index in [-0.39, 0.29) is 10.6 Å². The lowest BCUT2D eigenvalue weighted by Gasteiger charge is -2.31. The van der Waals surface area contributed by atoms with E-state index in [4.69, 9.17) is 28.5 Å². The molecule has 16 heavy (non-hydrogen) atoms. The van der Waals surface area contributed by atoms with E-state index in [1.165, 1.54) is 0 Å². The SMILES string of the molecule is CC1(C)CCc2c(nc(Cl)c(C#N)c2Cl)C1.